The molecule has 0 spiro atoms. The van der Waals surface area contributed by atoms with Crippen LogP contribution < -0.4 is 11.1 Å². The summed E-state index contributed by atoms with van der Waals surface area (Å²) in [6, 6.07) is 4.54. The molecule has 2 aliphatic carbocycles. The highest BCUT2D eigenvalue weighted by molar-refractivity contribution is 6.03. The third kappa shape index (κ3) is 5.46. The van der Waals surface area contributed by atoms with Crippen LogP contribution in [0.25, 0.3) is 0 Å². The highest BCUT2D eigenvalue weighted by atomic mass is 16.2. The second-order valence-electron chi connectivity index (χ2n) is 10.2. The number of amides is 1. The Kier molecular flexibility index (Phi) is 7.26. The number of likely N-dealkylation sites (N-methyl/N-ethyl adjacent to an activating group) is 1. The Bertz CT molecular complexity index is 766. The summed E-state index contributed by atoms with van der Waals surface area (Å²) in [6.45, 7) is 3.35. The van der Waals surface area contributed by atoms with Crippen LogP contribution in [0.5, 0.6) is 0 Å². The lowest BCUT2D eigenvalue weighted by atomic mass is 9.64. The smallest absolute Gasteiger partial charge is 0.253 e. The molecular formula is C25H39N5O. The van der Waals surface area contributed by atoms with Gasteiger partial charge in [0.05, 0.1) is 0 Å². The van der Waals surface area contributed by atoms with Gasteiger partial charge in [0.1, 0.15) is 6.04 Å². The van der Waals surface area contributed by atoms with Crippen LogP contribution in [-0.4, -0.2) is 40.9 Å². The van der Waals surface area contributed by atoms with Crippen LogP contribution in [0.3, 0.4) is 0 Å². The quantitative estimate of drug-likeness (QED) is 0.697. The first-order valence-electron chi connectivity index (χ1n) is 12.2. The Labute approximate surface area is 187 Å². The van der Waals surface area contributed by atoms with E-state index in [0.29, 0.717) is 12.0 Å². The fourth-order valence-electron chi connectivity index (χ4n) is 6.35. The molecule has 1 aromatic rings. The van der Waals surface area contributed by atoms with E-state index in [9.17, 15) is 4.79 Å². The van der Waals surface area contributed by atoms with Gasteiger partial charge >= 0.3 is 0 Å². The molecule has 1 aliphatic heterocycles. The molecular weight excluding hydrogens is 386 g/mol. The summed E-state index contributed by atoms with van der Waals surface area (Å²) in [5.74, 6) is 3.51. The van der Waals surface area contributed by atoms with Crippen molar-refractivity contribution in [3.05, 3.63) is 30.1 Å². The summed E-state index contributed by atoms with van der Waals surface area (Å²) in [7, 11) is 1.73. The predicted octanol–water partition coefficient (Wildman–Crippen LogP) is 3.72. The lowest BCUT2D eigenvalue weighted by Crippen LogP contribution is -2.41. The van der Waals surface area contributed by atoms with Crippen LogP contribution in [0.2, 0.25) is 0 Å². The van der Waals surface area contributed by atoms with E-state index in [2.05, 4.69) is 34.3 Å². The van der Waals surface area contributed by atoms with Crippen molar-refractivity contribution in [1.82, 2.24) is 15.2 Å². The normalized spacial score (nSPS) is 34.1. The van der Waals surface area contributed by atoms with E-state index in [4.69, 9.17) is 5.73 Å². The number of carbonyl (C=O) groups excluding carboxylic acids is 1. The molecule has 2 heterocycles. The molecule has 170 valence electrons. The zero-order valence-electron chi connectivity index (χ0n) is 19.2. The van der Waals surface area contributed by atoms with E-state index in [1.165, 1.54) is 55.4 Å². The second kappa shape index (κ2) is 10.1. The average molecular weight is 426 g/mol. The first-order chi connectivity index (χ1) is 15.0. The third-order valence-corrected chi connectivity index (χ3v) is 7.96. The molecule has 3 aliphatic rings. The van der Waals surface area contributed by atoms with E-state index < -0.39 is 0 Å². The van der Waals surface area contributed by atoms with Gasteiger partial charge in [-0.25, -0.2) is 4.99 Å². The summed E-state index contributed by atoms with van der Waals surface area (Å²) in [4.78, 5) is 22.4. The highest BCUT2D eigenvalue weighted by Gasteiger charge is 2.38. The molecule has 0 radical (unpaired) electrons. The van der Waals surface area contributed by atoms with Gasteiger partial charge in [-0.05, 0) is 79.9 Å². The summed E-state index contributed by atoms with van der Waals surface area (Å²) in [5, 5.41) is 3.83. The number of aromatic nitrogens is 1. The highest BCUT2D eigenvalue weighted by Crippen LogP contribution is 2.45. The fourth-order valence-corrected chi connectivity index (χ4v) is 6.35. The number of hydrogen-bond acceptors (Lipinski definition) is 5. The molecule has 0 aromatic carbocycles. The van der Waals surface area contributed by atoms with Crippen molar-refractivity contribution in [3.63, 3.8) is 0 Å². The molecule has 3 unspecified atom stereocenters. The number of hydrogen-bond donors (Lipinski definition) is 2. The predicted molar refractivity (Wildman–Crippen MR) is 124 cm³/mol. The van der Waals surface area contributed by atoms with Gasteiger partial charge in [-0.3, -0.25) is 14.7 Å². The number of carbonyl (C=O) groups is 1. The van der Waals surface area contributed by atoms with Gasteiger partial charge in [0.2, 0.25) is 0 Å². The van der Waals surface area contributed by atoms with Crippen LogP contribution >= 0.6 is 0 Å². The van der Waals surface area contributed by atoms with Crippen molar-refractivity contribution < 1.29 is 4.79 Å². The SMILES string of the molecule is C[C@@H]1CC(C2CCCCC2CC[C@@H]2N=C(N)N(C)C2=O)C[C@H](NCc2ccncc2)C1. The van der Waals surface area contributed by atoms with Crippen molar-refractivity contribution in [2.45, 2.75) is 83.3 Å². The first-order valence-corrected chi connectivity index (χ1v) is 12.2. The summed E-state index contributed by atoms with van der Waals surface area (Å²) in [5.41, 5.74) is 7.17. The first kappa shape index (κ1) is 22.3. The Morgan fingerprint density at radius 3 is 2.65 bits per heavy atom. The van der Waals surface area contributed by atoms with Crippen LogP contribution in [0.4, 0.5) is 0 Å². The van der Waals surface area contributed by atoms with Crippen LogP contribution in [-0.2, 0) is 11.3 Å². The Hall–Kier alpha value is -1.95. The number of guanidine groups is 1. The number of nitrogens with two attached hydrogens (primary N) is 1. The lowest BCUT2D eigenvalue weighted by molar-refractivity contribution is -0.126. The van der Waals surface area contributed by atoms with Crippen LogP contribution in [0.15, 0.2) is 29.5 Å². The van der Waals surface area contributed by atoms with Crippen molar-refractivity contribution in [1.29, 1.82) is 0 Å². The van der Waals surface area contributed by atoms with Gasteiger partial charge in [0.15, 0.2) is 5.96 Å². The van der Waals surface area contributed by atoms with E-state index in [1.807, 2.05) is 12.4 Å². The maximum absolute atomic E-state index is 12.4. The Morgan fingerprint density at radius 1 is 1.13 bits per heavy atom. The van der Waals surface area contributed by atoms with Gasteiger partial charge < -0.3 is 11.1 Å². The zero-order chi connectivity index (χ0) is 21.8. The maximum atomic E-state index is 12.4. The van der Waals surface area contributed by atoms with Crippen LogP contribution in [0, 0.1) is 23.7 Å². The largest absolute Gasteiger partial charge is 0.369 e. The monoisotopic (exact) mass is 425 g/mol. The van der Waals surface area contributed by atoms with E-state index >= 15 is 0 Å². The van der Waals surface area contributed by atoms with Gasteiger partial charge in [0.25, 0.3) is 5.91 Å². The fraction of sp³-hybridized carbons (Fsp3) is 0.720. The van der Waals surface area contributed by atoms with Crippen molar-refractivity contribution >= 4 is 11.9 Å². The molecule has 2 saturated carbocycles. The molecule has 0 saturated heterocycles. The summed E-state index contributed by atoms with van der Waals surface area (Å²) < 4.78 is 0. The summed E-state index contributed by atoms with van der Waals surface area (Å²) >= 11 is 0. The maximum Gasteiger partial charge on any atom is 0.253 e. The standard InChI is InChI=1S/C25H39N5O/c1-17-13-20(15-21(14-17)28-16-18-9-11-27-12-10-18)22-6-4-3-5-19(22)7-8-23-24(31)30(2)25(26)29-23/h9-12,17,19-23,28H,3-8,13-16H2,1-2H3,(H2,26,29)/t17-,19?,20?,21-,22?,23+/m1/s1. The van der Waals surface area contributed by atoms with Crippen molar-refractivity contribution in [3.8, 4) is 0 Å². The number of nitrogens with zero attached hydrogens (tertiary/aromatic N) is 3. The lowest BCUT2D eigenvalue weighted by Gasteiger charge is -2.43. The van der Waals surface area contributed by atoms with Gasteiger partial charge in [-0.2, -0.15) is 0 Å². The number of aliphatic imine (C=N–C) groups is 1. The van der Waals surface area contributed by atoms with E-state index in [0.717, 1.165) is 43.1 Å². The minimum absolute atomic E-state index is 0.0662. The molecule has 1 amide bonds. The molecule has 6 heteroatoms. The van der Waals surface area contributed by atoms with E-state index in [1.54, 1.807) is 7.05 Å². The molecule has 6 atom stereocenters. The van der Waals surface area contributed by atoms with E-state index in [-0.39, 0.29) is 11.9 Å². The minimum atomic E-state index is -0.257. The van der Waals surface area contributed by atoms with Crippen LogP contribution in [0.1, 0.15) is 70.3 Å². The Morgan fingerprint density at radius 2 is 1.90 bits per heavy atom. The average Bonchev–Trinajstić information content (AvgIpc) is 3.03. The van der Waals surface area contributed by atoms with Crippen molar-refractivity contribution in [2.75, 3.05) is 7.05 Å². The third-order valence-electron chi connectivity index (χ3n) is 7.96. The molecule has 2 fully saturated rings. The Balaban J connectivity index is 1.34. The number of pyridine rings is 1. The molecule has 6 nitrogen and oxygen atoms in total. The molecule has 0 bridgehead atoms. The number of rotatable bonds is 7. The minimum Gasteiger partial charge on any atom is -0.369 e. The van der Waals surface area contributed by atoms with Crippen molar-refractivity contribution in [2.24, 2.45) is 34.4 Å². The molecule has 1 aromatic heterocycles. The van der Waals surface area contributed by atoms with Gasteiger partial charge in [0, 0.05) is 32.0 Å². The van der Waals surface area contributed by atoms with Gasteiger partial charge in [-0.1, -0.05) is 26.2 Å². The molecule has 4 rings (SSSR count). The molecule has 31 heavy (non-hydrogen) atoms. The second-order valence-corrected chi connectivity index (χ2v) is 10.2. The van der Waals surface area contributed by atoms with Gasteiger partial charge in [-0.15, -0.1) is 0 Å². The topological polar surface area (TPSA) is 83.6 Å². The number of nitrogens with one attached hydrogen (secondary N) is 1. The molecule has 3 N–H and O–H groups in total. The summed E-state index contributed by atoms with van der Waals surface area (Å²) in [6.07, 6.45) is 15.0. The zero-order valence-corrected chi connectivity index (χ0v) is 19.2.